The van der Waals surface area contributed by atoms with Crippen molar-refractivity contribution >= 4 is 11.8 Å². The molecule has 0 unspecified atom stereocenters. The summed E-state index contributed by atoms with van der Waals surface area (Å²) in [5, 5.41) is 2.92. The normalized spacial score (nSPS) is 20.5. The van der Waals surface area contributed by atoms with Crippen LogP contribution in [0.5, 0.6) is 0 Å². The van der Waals surface area contributed by atoms with Crippen LogP contribution in [0.4, 0.5) is 0 Å². The van der Waals surface area contributed by atoms with E-state index in [1.807, 2.05) is 24.7 Å². The quantitative estimate of drug-likeness (QED) is 0.911. The van der Waals surface area contributed by atoms with Crippen molar-refractivity contribution in [2.24, 2.45) is 13.0 Å². The number of hydrogen-bond acceptors (Lipinski definition) is 4. The molecule has 2 aromatic rings. The molecule has 3 heterocycles. The zero-order valence-electron chi connectivity index (χ0n) is 14.1. The van der Waals surface area contributed by atoms with Crippen LogP contribution in [0.15, 0.2) is 30.7 Å². The maximum absolute atomic E-state index is 12.3. The maximum Gasteiger partial charge on any atom is 0.252 e. The predicted octanol–water partition coefficient (Wildman–Crippen LogP) is 1.07. The molecule has 7 nitrogen and oxygen atoms in total. The number of nitrogens with zero attached hydrogens (tertiary/aromatic N) is 4. The Morgan fingerprint density at radius 2 is 2.12 bits per heavy atom. The van der Waals surface area contributed by atoms with E-state index in [9.17, 15) is 9.59 Å². The lowest BCUT2D eigenvalue weighted by Crippen LogP contribution is -2.33. The van der Waals surface area contributed by atoms with Gasteiger partial charge >= 0.3 is 0 Å². The molecule has 0 aromatic carbocycles. The van der Waals surface area contributed by atoms with Gasteiger partial charge in [-0.25, -0.2) is 4.98 Å². The molecule has 1 saturated heterocycles. The van der Waals surface area contributed by atoms with E-state index in [0.717, 1.165) is 11.5 Å². The van der Waals surface area contributed by atoms with Gasteiger partial charge in [-0.15, -0.1) is 0 Å². The molecule has 3 rings (SSSR count). The van der Waals surface area contributed by atoms with Crippen LogP contribution >= 0.6 is 0 Å². The van der Waals surface area contributed by atoms with Crippen molar-refractivity contribution in [3.05, 3.63) is 47.8 Å². The molecule has 2 aromatic heterocycles. The number of amides is 2. The molecule has 126 valence electrons. The van der Waals surface area contributed by atoms with E-state index in [-0.39, 0.29) is 23.8 Å². The Bertz CT molecular complexity index is 753. The average Bonchev–Trinajstić information content (AvgIpc) is 3.09. The van der Waals surface area contributed by atoms with Crippen LogP contribution in [0.1, 0.15) is 34.3 Å². The van der Waals surface area contributed by atoms with Crippen LogP contribution in [0.25, 0.3) is 0 Å². The number of imidazole rings is 1. The topological polar surface area (TPSA) is 80.1 Å². The van der Waals surface area contributed by atoms with Gasteiger partial charge in [-0.1, -0.05) is 0 Å². The number of aryl methyl sites for hydroxylation is 2. The summed E-state index contributed by atoms with van der Waals surface area (Å²) < 4.78 is 1.92. The highest BCUT2D eigenvalue weighted by Gasteiger charge is 2.40. The van der Waals surface area contributed by atoms with Crippen molar-refractivity contribution in [2.45, 2.75) is 19.4 Å². The Labute approximate surface area is 140 Å². The SMILES string of the molecule is Cc1ccc(C(=O)NC[C@@H]2CC(=O)N(C)[C@H]2c2nccn2C)cn1. The lowest BCUT2D eigenvalue weighted by Gasteiger charge is -2.24. The molecule has 1 aliphatic rings. The smallest absolute Gasteiger partial charge is 0.252 e. The lowest BCUT2D eigenvalue weighted by atomic mass is 9.99. The van der Waals surface area contributed by atoms with Gasteiger partial charge in [0.05, 0.1) is 11.6 Å². The minimum Gasteiger partial charge on any atom is -0.352 e. The third-order valence-electron chi connectivity index (χ3n) is 4.52. The lowest BCUT2D eigenvalue weighted by molar-refractivity contribution is -0.127. The van der Waals surface area contributed by atoms with Crippen molar-refractivity contribution in [3.63, 3.8) is 0 Å². The van der Waals surface area contributed by atoms with Crippen molar-refractivity contribution < 1.29 is 9.59 Å². The van der Waals surface area contributed by atoms with Gasteiger partial charge in [0.15, 0.2) is 0 Å². The highest BCUT2D eigenvalue weighted by atomic mass is 16.2. The van der Waals surface area contributed by atoms with E-state index >= 15 is 0 Å². The number of likely N-dealkylation sites (tertiary alicyclic amines) is 1. The summed E-state index contributed by atoms with van der Waals surface area (Å²) >= 11 is 0. The van der Waals surface area contributed by atoms with Gasteiger partial charge in [-0.2, -0.15) is 0 Å². The number of aromatic nitrogens is 3. The van der Waals surface area contributed by atoms with Crippen LogP contribution in [0.2, 0.25) is 0 Å². The van der Waals surface area contributed by atoms with E-state index in [0.29, 0.717) is 18.5 Å². The van der Waals surface area contributed by atoms with Gasteiger partial charge in [-0.3, -0.25) is 14.6 Å². The number of carbonyl (C=O) groups excluding carboxylic acids is 2. The zero-order valence-corrected chi connectivity index (χ0v) is 14.1. The molecule has 1 N–H and O–H groups in total. The maximum atomic E-state index is 12.3. The Morgan fingerprint density at radius 3 is 2.75 bits per heavy atom. The summed E-state index contributed by atoms with van der Waals surface area (Å²) in [6.45, 7) is 2.29. The first-order valence-corrected chi connectivity index (χ1v) is 7.91. The van der Waals surface area contributed by atoms with E-state index in [2.05, 4.69) is 15.3 Å². The number of rotatable bonds is 4. The third-order valence-corrected chi connectivity index (χ3v) is 4.52. The van der Waals surface area contributed by atoms with Crippen molar-refractivity contribution in [1.82, 2.24) is 24.8 Å². The van der Waals surface area contributed by atoms with Gasteiger partial charge in [-0.05, 0) is 19.1 Å². The molecule has 0 aliphatic carbocycles. The minimum atomic E-state index is -0.178. The zero-order chi connectivity index (χ0) is 17.3. The molecule has 7 heteroatoms. The Morgan fingerprint density at radius 1 is 1.33 bits per heavy atom. The van der Waals surface area contributed by atoms with Gasteiger partial charge < -0.3 is 14.8 Å². The molecular formula is C17H21N5O2. The van der Waals surface area contributed by atoms with Gasteiger partial charge in [0.2, 0.25) is 5.91 Å². The number of nitrogens with one attached hydrogen (secondary N) is 1. The number of carbonyl (C=O) groups is 2. The van der Waals surface area contributed by atoms with Gasteiger partial charge in [0.1, 0.15) is 5.82 Å². The molecular weight excluding hydrogens is 306 g/mol. The first kappa shape index (κ1) is 16.2. The predicted molar refractivity (Wildman–Crippen MR) is 88.1 cm³/mol. The van der Waals surface area contributed by atoms with E-state index in [4.69, 9.17) is 0 Å². The monoisotopic (exact) mass is 327 g/mol. The minimum absolute atomic E-state index is 0.00837. The van der Waals surface area contributed by atoms with Crippen molar-refractivity contribution in [3.8, 4) is 0 Å². The largest absolute Gasteiger partial charge is 0.352 e. The van der Waals surface area contributed by atoms with E-state index in [1.165, 1.54) is 0 Å². The summed E-state index contributed by atoms with van der Waals surface area (Å²) in [5.41, 5.74) is 1.39. The van der Waals surface area contributed by atoms with Crippen molar-refractivity contribution in [2.75, 3.05) is 13.6 Å². The molecule has 1 fully saturated rings. The first-order chi connectivity index (χ1) is 11.5. The molecule has 2 atom stereocenters. The van der Waals surface area contributed by atoms with Crippen LogP contribution in [-0.4, -0.2) is 44.8 Å². The van der Waals surface area contributed by atoms with Gasteiger partial charge in [0.25, 0.3) is 5.91 Å². The van der Waals surface area contributed by atoms with Crippen molar-refractivity contribution in [1.29, 1.82) is 0 Å². The Hall–Kier alpha value is -2.70. The van der Waals surface area contributed by atoms with E-state index < -0.39 is 0 Å². The second-order valence-corrected chi connectivity index (χ2v) is 6.21. The number of hydrogen-bond donors (Lipinski definition) is 1. The fourth-order valence-electron chi connectivity index (χ4n) is 3.11. The summed E-state index contributed by atoms with van der Waals surface area (Å²) in [6, 6.07) is 3.42. The summed E-state index contributed by atoms with van der Waals surface area (Å²) in [5.74, 6) is 0.716. The average molecular weight is 327 g/mol. The standard InChI is InChI=1S/C17H21N5O2/c1-11-4-5-12(9-19-11)17(24)20-10-13-8-14(23)22(3)15(13)16-18-6-7-21(16)2/h4-7,9,13,15H,8,10H2,1-3H3,(H,20,24)/t13-,15+/m0/s1. The van der Waals surface area contributed by atoms with Crippen LogP contribution in [0, 0.1) is 12.8 Å². The fourth-order valence-corrected chi connectivity index (χ4v) is 3.11. The highest BCUT2D eigenvalue weighted by molar-refractivity contribution is 5.93. The molecule has 1 aliphatic heterocycles. The van der Waals surface area contributed by atoms with Crippen LogP contribution < -0.4 is 5.32 Å². The number of pyridine rings is 1. The molecule has 2 amide bonds. The second kappa shape index (κ2) is 6.43. The van der Waals surface area contributed by atoms with Gasteiger partial charge in [0, 0.05) is 57.3 Å². The summed E-state index contributed by atoms with van der Waals surface area (Å²) in [4.78, 5) is 34.6. The molecule has 24 heavy (non-hydrogen) atoms. The fraction of sp³-hybridized carbons (Fsp3) is 0.412. The summed E-state index contributed by atoms with van der Waals surface area (Å²) in [6.07, 6.45) is 5.55. The Kier molecular flexibility index (Phi) is 4.33. The van der Waals surface area contributed by atoms with Crippen LogP contribution in [-0.2, 0) is 11.8 Å². The molecule has 0 bridgehead atoms. The third kappa shape index (κ3) is 3.02. The summed E-state index contributed by atoms with van der Waals surface area (Å²) in [7, 11) is 3.69. The molecule has 0 radical (unpaired) electrons. The molecule has 0 spiro atoms. The Balaban J connectivity index is 1.71. The second-order valence-electron chi connectivity index (χ2n) is 6.21. The molecule has 0 saturated carbocycles. The first-order valence-electron chi connectivity index (χ1n) is 7.91. The van der Waals surface area contributed by atoms with E-state index in [1.54, 1.807) is 36.5 Å². The van der Waals surface area contributed by atoms with Crippen LogP contribution in [0.3, 0.4) is 0 Å². The highest BCUT2D eigenvalue weighted by Crippen LogP contribution is 2.35.